The lowest BCUT2D eigenvalue weighted by Crippen LogP contribution is -2.46. The number of carboxylic acids is 1. The molecule has 3 N–H and O–H groups in total. The number of rotatable bonds is 3. The molecule has 3 heteroatoms. The van der Waals surface area contributed by atoms with Crippen LogP contribution in [0, 0.1) is 10.8 Å². The Hall–Kier alpha value is -0.570. The van der Waals surface area contributed by atoms with Crippen LogP contribution < -0.4 is 5.73 Å². The predicted octanol–water partition coefficient (Wildman–Crippen LogP) is 1.76. The minimum Gasteiger partial charge on any atom is -0.481 e. The smallest absolute Gasteiger partial charge is 0.303 e. The van der Waals surface area contributed by atoms with Crippen LogP contribution in [0.15, 0.2) is 0 Å². The molecule has 80 valence electrons. The topological polar surface area (TPSA) is 63.3 Å². The average molecular weight is 197 g/mol. The third kappa shape index (κ3) is 1.54. The van der Waals surface area contributed by atoms with Gasteiger partial charge >= 0.3 is 5.97 Å². The summed E-state index contributed by atoms with van der Waals surface area (Å²) in [6, 6.07) is 0. The molecule has 0 heterocycles. The lowest BCUT2D eigenvalue weighted by atomic mass is 9.53. The molecule has 0 aromatic heterocycles. The van der Waals surface area contributed by atoms with Crippen LogP contribution in [0.2, 0.25) is 0 Å². The largest absolute Gasteiger partial charge is 0.481 e. The van der Waals surface area contributed by atoms with E-state index in [1.807, 2.05) is 0 Å². The lowest BCUT2D eigenvalue weighted by molar-refractivity contribution is -0.143. The van der Waals surface area contributed by atoms with Gasteiger partial charge in [0.05, 0.1) is 6.42 Å². The molecule has 0 unspecified atom stereocenters. The summed E-state index contributed by atoms with van der Waals surface area (Å²) in [6.07, 6.45) is 7.06. The van der Waals surface area contributed by atoms with Crippen molar-refractivity contribution in [3.8, 4) is 0 Å². The van der Waals surface area contributed by atoms with Gasteiger partial charge < -0.3 is 10.8 Å². The number of hydrogen-bond donors (Lipinski definition) is 2. The van der Waals surface area contributed by atoms with Gasteiger partial charge in [-0.1, -0.05) is 0 Å². The van der Waals surface area contributed by atoms with Crippen LogP contribution in [-0.2, 0) is 4.79 Å². The molecule has 3 saturated carbocycles. The van der Waals surface area contributed by atoms with Crippen LogP contribution in [0.5, 0.6) is 0 Å². The second-order valence-corrected chi connectivity index (χ2v) is 5.27. The van der Waals surface area contributed by atoms with E-state index in [9.17, 15) is 4.79 Å². The molecule has 0 spiro atoms. The Morgan fingerprint density at radius 2 is 1.50 bits per heavy atom. The summed E-state index contributed by atoms with van der Waals surface area (Å²) in [6.45, 7) is 0.788. The Labute approximate surface area is 84.7 Å². The highest BCUT2D eigenvalue weighted by Gasteiger charge is 2.48. The summed E-state index contributed by atoms with van der Waals surface area (Å²) in [5, 5.41) is 8.88. The molecule has 3 aliphatic carbocycles. The fourth-order valence-electron chi connectivity index (χ4n) is 3.23. The van der Waals surface area contributed by atoms with Crippen molar-refractivity contribution >= 4 is 5.97 Å². The van der Waals surface area contributed by atoms with Gasteiger partial charge in [-0.05, 0) is 55.9 Å². The van der Waals surface area contributed by atoms with Gasteiger partial charge in [-0.2, -0.15) is 0 Å². The van der Waals surface area contributed by atoms with Crippen molar-refractivity contribution in [3.05, 3.63) is 0 Å². The Balaban J connectivity index is 2.05. The molecule has 0 aliphatic heterocycles. The summed E-state index contributed by atoms with van der Waals surface area (Å²) in [7, 11) is 0. The molecule has 0 atom stereocenters. The number of carbonyl (C=O) groups is 1. The first kappa shape index (κ1) is 9.97. The first-order valence-electron chi connectivity index (χ1n) is 5.52. The van der Waals surface area contributed by atoms with Crippen molar-refractivity contribution in [1.82, 2.24) is 0 Å². The van der Waals surface area contributed by atoms with Gasteiger partial charge in [-0.25, -0.2) is 0 Å². The number of hydrogen-bond acceptors (Lipinski definition) is 2. The summed E-state index contributed by atoms with van der Waals surface area (Å²) in [5.74, 6) is -0.632. The zero-order chi connectivity index (χ0) is 10.2. The molecule has 0 radical (unpaired) electrons. The number of aliphatic carboxylic acids is 1. The van der Waals surface area contributed by atoms with Crippen molar-refractivity contribution in [2.45, 2.75) is 44.9 Å². The molecule has 3 nitrogen and oxygen atoms in total. The summed E-state index contributed by atoms with van der Waals surface area (Å²) in [5.41, 5.74) is 6.30. The molecule has 14 heavy (non-hydrogen) atoms. The summed E-state index contributed by atoms with van der Waals surface area (Å²) in [4.78, 5) is 10.8. The minimum atomic E-state index is -0.632. The molecular formula is C11H19NO2. The molecule has 3 rings (SSSR count). The molecule has 0 saturated heterocycles. The zero-order valence-corrected chi connectivity index (χ0v) is 8.59. The predicted molar refractivity (Wildman–Crippen MR) is 53.9 cm³/mol. The Morgan fingerprint density at radius 1 is 1.07 bits per heavy atom. The van der Waals surface area contributed by atoms with E-state index in [1.54, 1.807) is 0 Å². The molecule has 3 aliphatic rings. The van der Waals surface area contributed by atoms with Crippen LogP contribution in [0.3, 0.4) is 0 Å². The van der Waals surface area contributed by atoms with E-state index >= 15 is 0 Å². The summed E-state index contributed by atoms with van der Waals surface area (Å²) < 4.78 is 0. The van der Waals surface area contributed by atoms with E-state index in [2.05, 4.69) is 0 Å². The first-order chi connectivity index (χ1) is 6.60. The first-order valence-corrected chi connectivity index (χ1v) is 5.52. The van der Waals surface area contributed by atoms with E-state index in [4.69, 9.17) is 10.8 Å². The van der Waals surface area contributed by atoms with E-state index in [0.717, 1.165) is 45.1 Å². The fourth-order valence-corrected chi connectivity index (χ4v) is 3.23. The molecule has 3 fully saturated rings. The molecule has 0 aromatic carbocycles. The molecule has 0 amide bonds. The van der Waals surface area contributed by atoms with Gasteiger partial charge in [-0.15, -0.1) is 0 Å². The van der Waals surface area contributed by atoms with Crippen molar-refractivity contribution in [2.75, 3.05) is 6.54 Å². The zero-order valence-electron chi connectivity index (χ0n) is 8.59. The van der Waals surface area contributed by atoms with Gasteiger partial charge in [0.2, 0.25) is 0 Å². The third-order valence-electron chi connectivity index (χ3n) is 4.52. The normalized spacial score (nSPS) is 41.2. The quantitative estimate of drug-likeness (QED) is 0.724. The molecule has 0 aromatic rings. The third-order valence-corrected chi connectivity index (χ3v) is 4.52. The van der Waals surface area contributed by atoms with Gasteiger partial charge in [0, 0.05) is 0 Å². The van der Waals surface area contributed by atoms with E-state index < -0.39 is 5.97 Å². The highest BCUT2D eigenvalue weighted by molar-refractivity contribution is 5.67. The van der Waals surface area contributed by atoms with Crippen LogP contribution in [-0.4, -0.2) is 17.6 Å². The fraction of sp³-hybridized carbons (Fsp3) is 0.909. The number of fused-ring (bicyclic) bond motifs is 3. The maximum absolute atomic E-state index is 10.8. The van der Waals surface area contributed by atoms with E-state index in [1.165, 1.54) is 0 Å². The highest BCUT2D eigenvalue weighted by Crippen LogP contribution is 2.57. The Kier molecular flexibility index (Phi) is 2.30. The Morgan fingerprint density at radius 3 is 1.86 bits per heavy atom. The van der Waals surface area contributed by atoms with E-state index in [0.29, 0.717) is 11.8 Å². The second kappa shape index (κ2) is 3.23. The standard InChI is InChI=1S/C11H19NO2/c12-8-11-4-1-10(2-5-11,3-6-11)7-9(13)14/h1-8,12H2,(H,13,14). The van der Waals surface area contributed by atoms with Crippen molar-refractivity contribution < 1.29 is 9.90 Å². The van der Waals surface area contributed by atoms with Crippen molar-refractivity contribution in [1.29, 1.82) is 0 Å². The highest BCUT2D eigenvalue weighted by atomic mass is 16.4. The van der Waals surface area contributed by atoms with Gasteiger partial charge in [-0.3, -0.25) is 4.79 Å². The van der Waals surface area contributed by atoms with Gasteiger partial charge in [0.25, 0.3) is 0 Å². The number of carboxylic acid groups (broad SMARTS) is 1. The van der Waals surface area contributed by atoms with Crippen LogP contribution in [0.1, 0.15) is 44.9 Å². The maximum Gasteiger partial charge on any atom is 0.303 e. The second-order valence-electron chi connectivity index (χ2n) is 5.27. The van der Waals surface area contributed by atoms with Gasteiger partial charge in [0.15, 0.2) is 0 Å². The minimum absolute atomic E-state index is 0.128. The van der Waals surface area contributed by atoms with Crippen molar-refractivity contribution in [2.24, 2.45) is 16.6 Å². The SMILES string of the molecule is NCC12CCC(CC(=O)O)(CC1)CC2. The number of nitrogens with two attached hydrogens (primary N) is 1. The molecular weight excluding hydrogens is 178 g/mol. The van der Waals surface area contributed by atoms with Crippen LogP contribution in [0.4, 0.5) is 0 Å². The monoisotopic (exact) mass is 197 g/mol. The van der Waals surface area contributed by atoms with Crippen LogP contribution >= 0.6 is 0 Å². The Bertz CT molecular complexity index is 225. The lowest BCUT2D eigenvalue weighted by Gasteiger charge is -2.52. The van der Waals surface area contributed by atoms with Crippen LogP contribution in [0.25, 0.3) is 0 Å². The van der Waals surface area contributed by atoms with Gasteiger partial charge in [0.1, 0.15) is 0 Å². The molecule has 2 bridgehead atoms. The summed E-state index contributed by atoms with van der Waals surface area (Å²) >= 11 is 0. The average Bonchev–Trinajstić information content (AvgIpc) is 2.19. The van der Waals surface area contributed by atoms with Crippen molar-refractivity contribution in [3.63, 3.8) is 0 Å². The van der Waals surface area contributed by atoms with E-state index in [-0.39, 0.29) is 5.41 Å². The maximum atomic E-state index is 10.8.